The number of aliphatic carboxylic acids is 1. The zero-order valence-electron chi connectivity index (χ0n) is 12.7. The first-order chi connectivity index (χ1) is 11.5. The third-order valence-corrected chi connectivity index (χ3v) is 3.81. The molecule has 3 aromatic rings. The number of aromatic nitrogens is 1. The number of nitrogens with one attached hydrogen (secondary N) is 2. The summed E-state index contributed by atoms with van der Waals surface area (Å²) < 4.78 is 0. The van der Waals surface area contributed by atoms with Gasteiger partial charge in [-0.3, -0.25) is 4.79 Å². The van der Waals surface area contributed by atoms with Gasteiger partial charge in [-0.2, -0.15) is 0 Å². The van der Waals surface area contributed by atoms with Crippen LogP contribution in [0.15, 0.2) is 54.7 Å². The number of hydrogen-bond acceptors (Lipinski definition) is 3. The second-order valence-electron chi connectivity index (χ2n) is 5.48. The standard InChI is InChI=1S/C18H16N2O4/c21-13-6-7-15-14(9-13)12(10-19-15)8-16(18(23)24)20-17(22)11-4-2-1-3-5-11/h1-7,9-10,16,19,21H,8H2,(H,20,22)(H,23,24)/t16-/m0/s1. The molecular formula is C18H16N2O4. The molecule has 0 fully saturated rings. The van der Waals surface area contributed by atoms with E-state index in [1.807, 2.05) is 0 Å². The number of fused-ring (bicyclic) bond motifs is 1. The summed E-state index contributed by atoms with van der Waals surface area (Å²) in [6, 6.07) is 12.2. The minimum atomic E-state index is -1.12. The molecule has 0 saturated heterocycles. The minimum absolute atomic E-state index is 0.101. The lowest BCUT2D eigenvalue weighted by Gasteiger charge is -2.14. The minimum Gasteiger partial charge on any atom is -0.508 e. The van der Waals surface area contributed by atoms with Gasteiger partial charge in [-0.25, -0.2) is 4.79 Å². The lowest BCUT2D eigenvalue weighted by Crippen LogP contribution is -2.42. The van der Waals surface area contributed by atoms with Crippen LogP contribution in [0.2, 0.25) is 0 Å². The van der Waals surface area contributed by atoms with Gasteiger partial charge >= 0.3 is 5.97 Å². The lowest BCUT2D eigenvalue weighted by atomic mass is 10.0. The average molecular weight is 324 g/mol. The van der Waals surface area contributed by atoms with Crippen molar-refractivity contribution in [2.24, 2.45) is 0 Å². The maximum absolute atomic E-state index is 12.2. The summed E-state index contributed by atoms with van der Waals surface area (Å²) in [7, 11) is 0. The van der Waals surface area contributed by atoms with Gasteiger partial charge in [0.2, 0.25) is 0 Å². The molecule has 0 aliphatic rings. The second-order valence-corrected chi connectivity index (χ2v) is 5.48. The van der Waals surface area contributed by atoms with Crippen LogP contribution in [-0.2, 0) is 11.2 Å². The normalized spacial score (nSPS) is 12.0. The zero-order valence-corrected chi connectivity index (χ0v) is 12.7. The highest BCUT2D eigenvalue weighted by Crippen LogP contribution is 2.24. The van der Waals surface area contributed by atoms with Gasteiger partial charge in [-0.15, -0.1) is 0 Å². The molecule has 4 N–H and O–H groups in total. The van der Waals surface area contributed by atoms with Crippen LogP contribution in [0.25, 0.3) is 10.9 Å². The number of carboxylic acids is 1. The quantitative estimate of drug-likeness (QED) is 0.578. The fraction of sp³-hybridized carbons (Fsp3) is 0.111. The highest BCUT2D eigenvalue weighted by Gasteiger charge is 2.22. The Morgan fingerprint density at radius 3 is 2.58 bits per heavy atom. The number of rotatable bonds is 5. The van der Waals surface area contributed by atoms with E-state index in [1.54, 1.807) is 54.7 Å². The first kappa shape index (κ1) is 15.6. The Labute approximate surface area is 137 Å². The predicted octanol–water partition coefficient (Wildman–Crippen LogP) is 2.30. The van der Waals surface area contributed by atoms with Crippen molar-refractivity contribution in [3.63, 3.8) is 0 Å². The Morgan fingerprint density at radius 1 is 1.12 bits per heavy atom. The molecule has 0 unspecified atom stereocenters. The summed E-state index contributed by atoms with van der Waals surface area (Å²) in [5.74, 6) is -1.46. The SMILES string of the molecule is O=C(N[C@@H](Cc1c[nH]c2ccc(O)cc12)C(=O)O)c1ccccc1. The van der Waals surface area contributed by atoms with E-state index < -0.39 is 17.9 Å². The molecule has 1 amide bonds. The topological polar surface area (TPSA) is 102 Å². The zero-order chi connectivity index (χ0) is 17.1. The van der Waals surface area contributed by atoms with Gasteiger partial charge in [-0.1, -0.05) is 18.2 Å². The molecule has 3 rings (SSSR count). The summed E-state index contributed by atoms with van der Waals surface area (Å²) in [5, 5.41) is 22.3. The summed E-state index contributed by atoms with van der Waals surface area (Å²) in [6.07, 6.45) is 1.80. The number of H-pyrrole nitrogens is 1. The molecule has 0 spiro atoms. The maximum atomic E-state index is 12.2. The van der Waals surface area contributed by atoms with Crippen LogP contribution in [0.4, 0.5) is 0 Å². The first-order valence-electron chi connectivity index (χ1n) is 7.42. The maximum Gasteiger partial charge on any atom is 0.326 e. The predicted molar refractivity (Wildman–Crippen MR) is 89.0 cm³/mol. The van der Waals surface area contributed by atoms with Crippen LogP contribution >= 0.6 is 0 Å². The van der Waals surface area contributed by atoms with Crippen LogP contribution < -0.4 is 5.32 Å². The van der Waals surface area contributed by atoms with Gasteiger partial charge in [0.1, 0.15) is 11.8 Å². The van der Waals surface area contributed by atoms with E-state index in [9.17, 15) is 19.8 Å². The van der Waals surface area contributed by atoms with Gasteiger partial charge in [0, 0.05) is 29.1 Å². The van der Waals surface area contributed by atoms with E-state index in [4.69, 9.17) is 0 Å². The van der Waals surface area contributed by atoms with Crippen LogP contribution in [0.1, 0.15) is 15.9 Å². The molecule has 24 heavy (non-hydrogen) atoms. The van der Waals surface area contributed by atoms with Gasteiger partial charge < -0.3 is 20.5 Å². The number of benzene rings is 2. The summed E-state index contributed by atoms with van der Waals surface area (Å²) in [4.78, 5) is 26.7. The molecule has 0 bridgehead atoms. The molecule has 0 saturated carbocycles. The van der Waals surface area contributed by atoms with E-state index in [2.05, 4.69) is 10.3 Å². The molecule has 0 aliphatic carbocycles. The molecule has 2 aromatic carbocycles. The molecule has 0 aliphatic heterocycles. The highest BCUT2D eigenvalue weighted by molar-refractivity contribution is 5.96. The number of amides is 1. The van der Waals surface area contributed by atoms with Crippen LogP contribution in [-0.4, -0.2) is 33.1 Å². The molecular weight excluding hydrogens is 308 g/mol. The molecule has 122 valence electrons. The Morgan fingerprint density at radius 2 is 1.88 bits per heavy atom. The highest BCUT2D eigenvalue weighted by atomic mass is 16.4. The number of phenolic OH excluding ortho intramolecular Hbond substituents is 1. The lowest BCUT2D eigenvalue weighted by molar-refractivity contribution is -0.139. The third kappa shape index (κ3) is 3.22. The Balaban J connectivity index is 1.82. The van der Waals surface area contributed by atoms with Crippen molar-refractivity contribution in [2.45, 2.75) is 12.5 Å². The van der Waals surface area contributed by atoms with E-state index in [0.29, 0.717) is 11.1 Å². The smallest absolute Gasteiger partial charge is 0.326 e. The number of carbonyl (C=O) groups excluding carboxylic acids is 1. The van der Waals surface area contributed by atoms with Crippen LogP contribution in [0, 0.1) is 0 Å². The van der Waals surface area contributed by atoms with Gasteiger partial charge in [0.05, 0.1) is 0 Å². The number of aromatic hydroxyl groups is 1. The molecule has 1 heterocycles. The van der Waals surface area contributed by atoms with Crippen molar-refractivity contribution >= 4 is 22.8 Å². The number of phenols is 1. The monoisotopic (exact) mass is 324 g/mol. The molecule has 1 atom stereocenters. The van der Waals surface area contributed by atoms with Crippen LogP contribution in [0.3, 0.4) is 0 Å². The second kappa shape index (κ2) is 6.45. The summed E-state index contributed by atoms with van der Waals surface area (Å²) >= 11 is 0. The molecule has 1 aromatic heterocycles. The van der Waals surface area contributed by atoms with E-state index in [0.717, 1.165) is 10.9 Å². The Bertz CT molecular complexity index is 886. The van der Waals surface area contributed by atoms with Crippen molar-refractivity contribution in [3.8, 4) is 5.75 Å². The van der Waals surface area contributed by atoms with Crippen molar-refractivity contribution in [1.29, 1.82) is 0 Å². The molecule has 6 nitrogen and oxygen atoms in total. The molecule has 0 radical (unpaired) electrons. The Hall–Kier alpha value is -3.28. The largest absolute Gasteiger partial charge is 0.508 e. The van der Waals surface area contributed by atoms with Gasteiger partial charge in [0.15, 0.2) is 0 Å². The third-order valence-electron chi connectivity index (χ3n) is 3.81. The van der Waals surface area contributed by atoms with Crippen molar-refractivity contribution in [2.75, 3.05) is 0 Å². The fourth-order valence-electron chi connectivity index (χ4n) is 2.59. The van der Waals surface area contributed by atoms with E-state index in [-0.39, 0.29) is 12.2 Å². The number of aromatic amines is 1. The first-order valence-corrected chi connectivity index (χ1v) is 7.42. The fourth-order valence-corrected chi connectivity index (χ4v) is 2.59. The number of hydrogen-bond donors (Lipinski definition) is 4. The van der Waals surface area contributed by atoms with Gasteiger partial charge in [-0.05, 0) is 35.9 Å². The van der Waals surface area contributed by atoms with Gasteiger partial charge in [0.25, 0.3) is 5.91 Å². The van der Waals surface area contributed by atoms with Crippen LogP contribution in [0.5, 0.6) is 5.75 Å². The number of carboxylic acid groups (broad SMARTS) is 1. The Kier molecular flexibility index (Phi) is 4.20. The van der Waals surface area contributed by atoms with Crippen molar-refractivity contribution in [3.05, 3.63) is 65.9 Å². The summed E-state index contributed by atoms with van der Waals surface area (Å²) in [5.41, 5.74) is 1.91. The van der Waals surface area contributed by atoms with E-state index >= 15 is 0 Å². The van der Waals surface area contributed by atoms with E-state index in [1.165, 1.54) is 0 Å². The average Bonchev–Trinajstić information content (AvgIpc) is 2.97. The van der Waals surface area contributed by atoms with Crippen molar-refractivity contribution < 1.29 is 19.8 Å². The van der Waals surface area contributed by atoms with Crippen molar-refractivity contribution in [1.82, 2.24) is 10.3 Å². The number of carbonyl (C=O) groups is 2. The summed E-state index contributed by atoms with van der Waals surface area (Å²) in [6.45, 7) is 0. The molecule has 6 heteroatoms.